The summed E-state index contributed by atoms with van der Waals surface area (Å²) in [5, 5.41) is 0. The molecule has 1 aromatic rings. The minimum atomic E-state index is 0.257. The van der Waals surface area contributed by atoms with Gasteiger partial charge in [-0.05, 0) is 62.2 Å². The number of hydrogen-bond acceptors (Lipinski definition) is 2. The van der Waals surface area contributed by atoms with Gasteiger partial charge in [0.1, 0.15) is 0 Å². The molecule has 25 heavy (non-hydrogen) atoms. The summed E-state index contributed by atoms with van der Waals surface area (Å²) >= 11 is 0. The van der Waals surface area contributed by atoms with Crippen LogP contribution in [0.4, 0.5) is 0 Å². The van der Waals surface area contributed by atoms with Gasteiger partial charge in [-0.15, -0.1) is 0 Å². The van der Waals surface area contributed by atoms with E-state index in [0.717, 1.165) is 51.4 Å². The molecular weight excluding hydrogens is 308 g/mol. The van der Waals surface area contributed by atoms with Gasteiger partial charge in [-0.3, -0.25) is 4.79 Å². The largest absolute Gasteiger partial charge is 0.338 e. The van der Waals surface area contributed by atoms with E-state index < -0.39 is 0 Å². The van der Waals surface area contributed by atoms with Gasteiger partial charge in [0.05, 0.1) is 0 Å². The molecule has 1 saturated heterocycles. The molecule has 136 valence electrons. The molecule has 0 N–H and O–H groups in total. The maximum atomic E-state index is 13.0. The Morgan fingerprint density at radius 3 is 2.40 bits per heavy atom. The van der Waals surface area contributed by atoms with Gasteiger partial charge < -0.3 is 9.80 Å². The number of hydrogen-bond donors (Lipinski definition) is 0. The van der Waals surface area contributed by atoms with Gasteiger partial charge in [0.25, 0.3) is 0 Å². The second-order valence-electron chi connectivity index (χ2n) is 8.36. The molecule has 4 rings (SSSR count). The molecule has 2 heterocycles. The van der Waals surface area contributed by atoms with Crippen molar-refractivity contribution in [2.24, 2.45) is 11.8 Å². The Morgan fingerprint density at radius 1 is 0.920 bits per heavy atom. The highest BCUT2D eigenvalue weighted by molar-refractivity contribution is 5.79. The predicted molar refractivity (Wildman–Crippen MR) is 101 cm³/mol. The van der Waals surface area contributed by atoms with Gasteiger partial charge in [0, 0.05) is 25.6 Å². The van der Waals surface area contributed by atoms with Crippen LogP contribution in [0.15, 0.2) is 24.3 Å². The summed E-state index contributed by atoms with van der Waals surface area (Å²) in [5.41, 5.74) is 2.77. The summed E-state index contributed by atoms with van der Waals surface area (Å²) in [7, 11) is 0. The first-order chi connectivity index (χ1) is 12.3. The molecule has 1 amide bonds. The zero-order valence-corrected chi connectivity index (χ0v) is 15.5. The Kier molecular flexibility index (Phi) is 5.40. The molecule has 1 aromatic carbocycles. The summed E-state index contributed by atoms with van der Waals surface area (Å²) in [6, 6.07) is 8.59. The van der Waals surface area contributed by atoms with Gasteiger partial charge >= 0.3 is 0 Å². The van der Waals surface area contributed by atoms with Gasteiger partial charge in [-0.2, -0.15) is 0 Å². The second kappa shape index (κ2) is 7.90. The molecule has 0 atom stereocenters. The van der Waals surface area contributed by atoms with Crippen LogP contribution < -0.4 is 0 Å². The van der Waals surface area contributed by atoms with Crippen molar-refractivity contribution in [3.05, 3.63) is 35.4 Å². The predicted octanol–water partition coefficient (Wildman–Crippen LogP) is 3.86. The molecule has 2 fully saturated rings. The lowest BCUT2D eigenvalue weighted by Gasteiger charge is -2.37. The van der Waals surface area contributed by atoms with Crippen LogP contribution in [0.2, 0.25) is 0 Å². The number of nitrogens with zero attached hydrogens (tertiary/aromatic N) is 2. The SMILES string of the molecule is O=C(C1CCN(CC2CCCCC2)CC1)N1CCc2ccccc2C1. The Labute approximate surface area is 152 Å². The van der Waals surface area contributed by atoms with Crippen molar-refractivity contribution in [1.29, 1.82) is 0 Å². The van der Waals surface area contributed by atoms with Gasteiger partial charge in [0.15, 0.2) is 0 Å². The molecule has 3 aliphatic rings. The third-order valence-electron chi connectivity index (χ3n) is 6.62. The molecule has 1 saturated carbocycles. The van der Waals surface area contributed by atoms with Crippen molar-refractivity contribution >= 4 is 5.91 Å². The zero-order valence-electron chi connectivity index (χ0n) is 15.5. The number of amides is 1. The lowest BCUT2D eigenvalue weighted by Crippen LogP contribution is -2.45. The third kappa shape index (κ3) is 4.08. The van der Waals surface area contributed by atoms with E-state index >= 15 is 0 Å². The Morgan fingerprint density at radius 2 is 1.64 bits per heavy atom. The van der Waals surface area contributed by atoms with E-state index in [0.29, 0.717) is 5.91 Å². The van der Waals surface area contributed by atoms with E-state index in [4.69, 9.17) is 0 Å². The first kappa shape index (κ1) is 17.1. The molecule has 2 aliphatic heterocycles. The Hall–Kier alpha value is -1.35. The van der Waals surface area contributed by atoms with Crippen molar-refractivity contribution in [3.63, 3.8) is 0 Å². The number of fused-ring (bicyclic) bond motifs is 1. The molecule has 3 nitrogen and oxygen atoms in total. The number of benzene rings is 1. The van der Waals surface area contributed by atoms with Crippen molar-refractivity contribution in [2.75, 3.05) is 26.2 Å². The Bertz CT molecular complexity index is 585. The number of carbonyl (C=O) groups excluding carboxylic acids is 1. The summed E-state index contributed by atoms with van der Waals surface area (Å²) in [5.74, 6) is 1.58. The quantitative estimate of drug-likeness (QED) is 0.834. The van der Waals surface area contributed by atoms with E-state index in [9.17, 15) is 4.79 Å². The normalized spacial score (nSPS) is 23.4. The van der Waals surface area contributed by atoms with Gasteiger partial charge in [0.2, 0.25) is 5.91 Å². The highest BCUT2D eigenvalue weighted by Gasteiger charge is 2.31. The summed E-state index contributed by atoms with van der Waals surface area (Å²) < 4.78 is 0. The molecule has 0 unspecified atom stereocenters. The highest BCUT2D eigenvalue weighted by atomic mass is 16.2. The monoisotopic (exact) mass is 340 g/mol. The van der Waals surface area contributed by atoms with Crippen LogP contribution in [0.1, 0.15) is 56.1 Å². The Balaban J connectivity index is 1.27. The van der Waals surface area contributed by atoms with Crippen LogP contribution >= 0.6 is 0 Å². The van der Waals surface area contributed by atoms with Crippen molar-refractivity contribution in [1.82, 2.24) is 9.80 Å². The van der Waals surface area contributed by atoms with Crippen LogP contribution in [0, 0.1) is 11.8 Å². The van der Waals surface area contributed by atoms with Crippen LogP contribution in [-0.2, 0) is 17.8 Å². The third-order valence-corrected chi connectivity index (χ3v) is 6.62. The fourth-order valence-corrected chi connectivity index (χ4v) is 5.04. The number of rotatable bonds is 3. The number of likely N-dealkylation sites (tertiary alicyclic amines) is 1. The molecule has 3 heteroatoms. The van der Waals surface area contributed by atoms with E-state index in [-0.39, 0.29) is 5.92 Å². The van der Waals surface area contributed by atoms with Crippen molar-refractivity contribution in [2.45, 2.75) is 57.9 Å². The van der Waals surface area contributed by atoms with Crippen LogP contribution in [-0.4, -0.2) is 41.9 Å². The average molecular weight is 341 g/mol. The molecule has 0 bridgehead atoms. The van der Waals surface area contributed by atoms with E-state index in [1.165, 1.54) is 49.8 Å². The first-order valence-electron chi connectivity index (χ1n) is 10.4. The maximum absolute atomic E-state index is 13.0. The summed E-state index contributed by atoms with van der Waals surface area (Å²) in [6.07, 6.45) is 10.3. The van der Waals surface area contributed by atoms with Crippen molar-refractivity contribution in [3.8, 4) is 0 Å². The lowest BCUT2D eigenvalue weighted by atomic mass is 9.87. The van der Waals surface area contributed by atoms with E-state index in [2.05, 4.69) is 34.1 Å². The molecule has 0 aromatic heterocycles. The fraction of sp³-hybridized carbons (Fsp3) is 0.682. The summed E-state index contributed by atoms with van der Waals surface area (Å²) in [4.78, 5) is 17.7. The lowest BCUT2D eigenvalue weighted by molar-refractivity contribution is -0.138. The topological polar surface area (TPSA) is 23.6 Å². The highest BCUT2D eigenvalue weighted by Crippen LogP contribution is 2.28. The van der Waals surface area contributed by atoms with Crippen LogP contribution in [0.25, 0.3) is 0 Å². The fourth-order valence-electron chi connectivity index (χ4n) is 5.04. The summed E-state index contributed by atoms with van der Waals surface area (Å²) in [6.45, 7) is 5.24. The standard InChI is InChI=1S/C22H32N2O/c25-22(24-15-12-19-8-4-5-9-21(19)17-24)20-10-13-23(14-11-20)16-18-6-2-1-3-7-18/h4-5,8-9,18,20H,1-3,6-7,10-17H2. The van der Waals surface area contributed by atoms with E-state index in [1.54, 1.807) is 0 Å². The molecule has 0 spiro atoms. The van der Waals surface area contributed by atoms with Crippen LogP contribution in [0.5, 0.6) is 0 Å². The number of piperidine rings is 1. The van der Waals surface area contributed by atoms with Gasteiger partial charge in [-0.1, -0.05) is 43.5 Å². The zero-order chi connectivity index (χ0) is 17.1. The molecule has 0 radical (unpaired) electrons. The first-order valence-corrected chi connectivity index (χ1v) is 10.4. The minimum absolute atomic E-state index is 0.257. The van der Waals surface area contributed by atoms with E-state index in [1.807, 2.05) is 0 Å². The average Bonchev–Trinajstić information content (AvgIpc) is 2.68. The van der Waals surface area contributed by atoms with Gasteiger partial charge in [-0.25, -0.2) is 0 Å². The minimum Gasteiger partial charge on any atom is -0.338 e. The second-order valence-corrected chi connectivity index (χ2v) is 8.36. The maximum Gasteiger partial charge on any atom is 0.226 e. The van der Waals surface area contributed by atoms with Crippen LogP contribution in [0.3, 0.4) is 0 Å². The van der Waals surface area contributed by atoms with Crippen molar-refractivity contribution < 1.29 is 4.79 Å². The smallest absolute Gasteiger partial charge is 0.226 e. The number of carbonyl (C=O) groups is 1. The molecular formula is C22H32N2O. The molecule has 1 aliphatic carbocycles.